The largest absolute Gasteiger partial charge is 0.298 e. The predicted molar refractivity (Wildman–Crippen MR) is 81.0 cm³/mol. The number of carbonyl (C=O) groups excluding carboxylic acids is 1. The van der Waals surface area contributed by atoms with Crippen molar-refractivity contribution in [1.82, 2.24) is 4.90 Å². The molecule has 19 heavy (non-hydrogen) atoms. The van der Waals surface area contributed by atoms with Crippen molar-refractivity contribution in [2.75, 3.05) is 19.8 Å². The average molecular weight is 283 g/mol. The summed E-state index contributed by atoms with van der Waals surface area (Å²) in [7, 11) is 2.42. The molecule has 1 unspecified atom stereocenters. The van der Waals surface area contributed by atoms with Crippen molar-refractivity contribution < 1.29 is 9.18 Å². The van der Waals surface area contributed by atoms with E-state index >= 15 is 0 Å². The van der Waals surface area contributed by atoms with Crippen LogP contribution >= 0.6 is 9.24 Å². The van der Waals surface area contributed by atoms with Gasteiger partial charge in [-0.15, -0.1) is 9.24 Å². The molecule has 0 spiro atoms. The van der Waals surface area contributed by atoms with Crippen LogP contribution in [-0.2, 0) is 11.2 Å². The van der Waals surface area contributed by atoms with Gasteiger partial charge in [0.1, 0.15) is 11.6 Å². The molecule has 1 saturated heterocycles. The molecule has 0 bridgehead atoms. The van der Waals surface area contributed by atoms with Crippen LogP contribution in [0.5, 0.6) is 0 Å². The summed E-state index contributed by atoms with van der Waals surface area (Å²) in [6.45, 7) is 5.47. The molecule has 4 heteroatoms. The van der Waals surface area contributed by atoms with Crippen LogP contribution in [0.4, 0.5) is 4.39 Å². The number of ketones is 1. The molecule has 1 aliphatic rings. The van der Waals surface area contributed by atoms with Crippen LogP contribution in [-0.4, -0.2) is 36.5 Å². The molecule has 0 N–H and O–H groups in total. The molecule has 0 radical (unpaired) electrons. The number of hydrogen-bond acceptors (Lipinski definition) is 2. The normalized spacial score (nSPS) is 18.8. The lowest BCUT2D eigenvalue weighted by Crippen LogP contribution is -2.36. The zero-order chi connectivity index (χ0) is 14.3. The Morgan fingerprint density at radius 3 is 2.58 bits per heavy atom. The van der Waals surface area contributed by atoms with Gasteiger partial charge in [0.05, 0.1) is 6.04 Å². The van der Waals surface area contributed by atoms with E-state index in [-0.39, 0.29) is 17.6 Å². The SMILES string of the molecule is CC(=O)[C@@H]1CCCN1CCc1ccc(F)cc1.CP. The van der Waals surface area contributed by atoms with Gasteiger partial charge >= 0.3 is 0 Å². The second-order valence-electron chi connectivity index (χ2n) is 4.68. The molecule has 0 saturated carbocycles. The Balaban J connectivity index is 0.000000861. The highest BCUT2D eigenvalue weighted by Crippen LogP contribution is 2.18. The van der Waals surface area contributed by atoms with Gasteiger partial charge in [-0.25, -0.2) is 4.39 Å². The Morgan fingerprint density at radius 2 is 2.00 bits per heavy atom. The van der Waals surface area contributed by atoms with E-state index in [9.17, 15) is 9.18 Å². The van der Waals surface area contributed by atoms with Crippen molar-refractivity contribution in [2.24, 2.45) is 0 Å². The van der Waals surface area contributed by atoms with Crippen molar-refractivity contribution in [3.05, 3.63) is 35.6 Å². The van der Waals surface area contributed by atoms with Crippen molar-refractivity contribution in [3.63, 3.8) is 0 Å². The molecule has 1 heterocycles. The lowest BCUT2D eigenvalue weighted by molar-refractivity contribution is -0.121. The summed E-state index contributed by atoms with van der Waals surface area (Å²) in [4.78, 5) is 13.7. The summed E-state index contributed by atoms with van der Waals surface area (Å²) >= 11 is 0. The van der Waals surface area contributed by atoms with Crippen molar-refractivity contribution in [2.45, 2.75) is 32.2 Å². The minimum Gasteiger partial charge on any atom is -0.298 e. The van der Waals surface area contributed by atoms with Gasteiger partial charge in [0, 0.05) is 6.54 Å². The molecule has 1 fully saturated rings. The van der Waals surface area contributed by atoms with E-state index in [4.69, 9.17) is 0 Å². The predicted octanol–water partition coefficient (Wildman–Crippen LogP) is 2.91. The summed E-state index contributed by atoms with van der Waals surface area (Å²) in [6.07, 6.45) is 2.97. The van der Waals surface area contributed by atoms with E-state index in [0.29, 0.717) is 0 Å². The highest BCUT2D eigenvalue weighted by Gasteiger charge is 2.27. The smallest absolute Gasteiger partial charge is 0.146 e. The molecular formula is C15H23FNOP. The maximum Gasteiger partial charge on any atom is 0.146 e. The highest BCUT2D eigenvalue weighted by molar-refractivity contribution is 7.15. The van der Waals surface area contributed by atoms with Crippen molar-refractivity contribution >= 4 is 15.0 Å². The van der Waals surface area contributed by atoms with Crippen LogP contribution in [0.25, 0.3) is 0 Å². The first-order chi connectivity index (χ1) is 9.16. The number of Topliss-reactive ketones (excluding diaryl/α,β-unsaturated/α-hetero) is 1. The quantitative estimate of drug-likeness (QED) is 0.792. The van der Waals surface area contributed by atoms with E-state index < -0.39 is 0 Å². The Labute approximate surface area is 117 Å². The molecule has 0 aromatic heterocycles. The first kappa shape index (κ1) is 16.3. The van der Waals surface area contributed by atoms with Crippen molar-refractivity contribution in [1.29, 1.82) is 0 Å². The molecule has 1 aliphatic heterocycles. The van der Waals surface area contributed by atoms with Gasteiger partial charge in [0.15, 0.2) is 0 Å². The molecule has 1 aromatic carbocycles. The third-order valence-electron chi connectivity index (χ3n) is 3.43. The first-order valence-corrected chi connectivity index (χ1v) is 7.89. The highest BCUT2D eigenvalue weighted by atomic mass is 31.0. The Hall–Kier alpha value is -0.790. The molecule has 0 amide bonds. The number of rotatable bonds is 4. The summed E-state index contributed by atoms with van der Waals surface area (Å²) in [5.41, 5.74) is 1.13. The fourth-order valence-corrected chi connectivity index (χ4v) is 2.48. The standard InChI is InChI=1S/C14H18FNO.CH5P/c1-11(17)14-3-2-9-16(14)10-8-12-4-6-13(15)7-5-12;1-2/h4-7,14H,2-3,8-10H2,1H3;2H2,1H3/t14-;/m0./s1. The number of nitrogens with zero attached hydrogens (tertiary/aromatic N) is 1. The maximum absolute atomic E-state index is 12.7. The average Bonchev–Trinajstić information content (AvgIpc) is 2.89. The third-order valence-corrected chi connectivity index (χ3v) is 3.43. The molecular weight excluding hydrogens is 260 g/mol. The second kappa shape index (κ2) is 8.39. The van der Waals surface area contributed by atoms with Crippen LogP contribution in [0, 0.1) is 5.82 Å². The van der Waals surface area contributed by atoms with Gasteiger partial charge in [-0.3, -0.25) is 9.69 Å². The van der Waals surface area contributed by atoms with Crippen LogP contribution in [0.2, 0.25) is 0 Å². The summed E-state index contributed by atoms with van der Waals surface area (Å²) in [5.74, 6) is 0.0677. The summed E-state index contributed by atoms with van der Waals surface area (Å²) < 4.78 is 12.7. The van der Waals surface area contributed by atoms with Crippen LogP contribution < -0.4 is 0 Å². The zero-order valence-corrected chi connectivity index (χ0v) is 12.9. The van der Waals surface area contributed by atoms with E-state index in [2.05, 4.69) is 14.1 Å². The lowest BCUT2D eigenvalue weighted by Gasteiger charge is -2.22. The fourth-order valence-electron chi connectivity index (χ4n) is 2.48. The Kier molecular flexibility index (Phi) is 7.19. The van der Waals surface area contributed by atoms with Gasteiger partial charge in [-0.2, -0.15) is 0 Å². The maximum atomic E-state index is 12.7. The van der Waals surface area contributed by atoms with Gasteiger partial charge in [-0.1, -0.05) is 18.8 Å². The number of likely N-dealkylation sites (tertiary alicyclic amines) is 1. The monoisotopic (exact) mass is 283 g/mol. The number of hydrogen-bond donors (Lipinski definition) is 0. The van der Waals surface area contributed by atoms with Gasteiger partial charge in [0.2, 0.25) is 0 Å². The number of halogens is 1. The molecule has 0 aliphatic carbocycles. The second-order valence-corrected chi connectivity index (χ2v) is 4.68. The van der Waals surface area contributed by atoms with E-state index in [0.717, 1.165) is 37.9 Å². The van der Waals surface area contributed by atoms with Gasteiger partial charge < -0.3 is 0 Å². The van der Waals surface area contributed by atoms with E-state index in [1.807, 2.05) is 18.8 Å². The lowest BCUT2D eigenvalue weighted by atomic mass is 10.1. The Bertz CT molecular complexity index is 394. The van der Waals surface area contributed by atoms with Gasteiger partial charge in [0.25, 0.3) is 0 Å². The molecule has 2 nitrogen and oxygen atoms in total. The summed E-state index contributed by atoms with van der Waals surface area (Å²) in [5, 5.41) is 0. The van der Waals surface area contributed by atoms with Crippen molar-refractivity contribution in [3.8, 4) is 0 Å². The van der Waals surface area contributed by atoms with Crippen LogP contribution in [0.1, 0.15) is 25.3 Å². The molecule has 1 aromatic rings. The van der Waals surface area contributed by atoms with E-state index in [1.54, 1.807) is 6.92 Å². The topological polar surface area (TPSA) is 20.3 Å². The van der Waals surface area contributed by atoms with Crippen LogP contribution in [0.3, 0.4) is 0 Å². The minimum atomic E-state index is -0.198. The zero-order valence-electron chi connectivity index (χ0n) is 11.7. The molecule has 106 valence electrons. The minimum absolute atomic E-state index is 0.107. The number of carbonyl (C=O) groups is 1. The van der Waals surface area contributed by atoms with Crippen LogP contribution in [0.15, 0.2) is 24.3 Å². The molecule has 2 rings (SSSR count). The summed E-state index contributed by atoms with van der Waals surface area (Å²) in [6, 6.07) is 6.71. The third kappa shape index (κ3) is 5.00. The Morgan fingerprint density at radius 1 is 1.37 bits per heavy atom. The first-order valence-electron chi connectivity index (χ1n) is 6.73. The van der Waals surface area contributed by atoms with E-state index in [1.165, 1.54) is 12.1 Å². The molecule has 2 atom stereocenters. The van der Waals surface area contributed by atoms with Gasteiger partial charge in [-0.05, 0) is 50.4 Å². The fraction of sp³-hybridized carbons (Fsp3) is 0.533. The number of benzene rings is 1.